The molecule has 1 aromatic heterocycles. The first-order chi connectivity index (χ1) is 7.97. The van der Waals surface area contributed by atoms with E-state index in [1.54, 1.807) is 18.7 Å². The van der Waals surface area contributed by atoms with Crippen molar-refractivity contribution in [3.63, 3.8) is 0 Å². The Kier molecular flexibility index (Phi) is 4.69. The molecule has 5 nitrogen and oxygen atoms in total. The number of methoxy groups -OCH3 is 1. The SMILES string of the molecule is CO[C@H](C)CCOC(=O)c1c(C)nn(C)c1C. The summed E-state index contributed by atoms with van der Waals surface area (Å²) < 4.78 is 12.0. The molecule has 96 valence electrons. The number of carbonyl (C=O) groups is 1. The summed E-state index contributed by atoms with van der Waals surface area (Å²) >= 11 is 0. The van der Waals surface area contributed by atoms with Crippen molar-refractivity contribution in [1.82, 2.24) is 9.78 Å². The molecule has 0 spiro atoms. The molecular formula is C12H20N2O3. The van der Waals surface area contributed by atoms with E-state index in [-0.39, 0.29) is 12.1 Å². The van der Waals surface area contributed by atoms with Crippen LogP contribution in [0.15, 0.2) is 0 Å². The van der Waals surface area contributed by atoms with Gasteiger partial charge >= 0.3 is 5.97 Å². The molecular weight excluding hydrogens is 220 g/mol. The lowest BCUT2D eigenvalue weighted by atomic mass is 10.2. The zero-order valence-corrected chi connectivity index (χ0v) is 11.1. The van der Waals surface area contributed by atoms with Crippen molar-refractivity contribution in [2.45, 2.75) is 33.3 Å². The third-order valence-corrected chi connectivity index (χ3v) is 2.87. The van der Waals surface area contributed by atoms with Gasteiger partial charge in [-0.2, -0.15) is 5.10 Å². The van der Waals surface area contributed by atoms with Crippen LogP contribution in [0.5, 0.6) is 0 Å². The summed E-state index contributed by atoms with van der Waals surface area (Å²) in [6.07, 6.45) is 0.791. The second-order valence-corrected chi connectivity index (χ2v) is 4.14. The fourth-order valence-corrected chi connectivity index (χ4v) is 1.58. The third-order valence-electron chi connectivity index (χ3n) is 2.87. The van der Waals surface area contributed by atoms with E-state index in [0.717, 1.165) is 5.69 Å². The summed E-state index contributed by atoms with van der Waals surface area (Å²) in [5.41, 5.74) is 2.10. The molecule has 0 aliphatic heterocycles. The van der Waals surface area contributed by atoms with E-state index in [2.05, 4.69) is 5.10 Å². The van der Waals surface area contributed by atoms with E-state index in [0.29, 0.717) is 24.3 Å². The molecule has 0 bridgehead atoms. The van der Waals surface area contributed by atoms with Gasteiger partial charge in [0.2, 0.25) is 0 Å². The first-order valence-electron chi connectivity index (χ1n) is 5.67. The molecule has 0 amide bonds. The quantitative estimate of drug-likeness (QED) is 0.734. The van der Waals surface area contributed by atoms with Crippen LogP contribution >= 0.6 is 0 Å². The van der Waals surface area contributed by atoms with Crippen LogP contribution in [0.1, 0.15) is 35.1 Å². The van der Waals surface area contributed by atoms with Gasteiger partial charge in [-0.1, -0.05) is 0 Å². The van der Waals surface area contributed by atoms with E-state index in [4.69, 9.17) is 9.47 Å². The maximum Gasteiger partial charge on any atom is 0.341 e. The monoisotopic (exact) mass is 240 g/mol. The summed E-state index contributed by atoms with van der Waals surface area (Å²) in [5.74, 6) is -0.309. The Morgan fingerprint density at radius 2 is 2.12 bits per heavy atom. The molecule has 0 saturated heterocycles. The highest BCUT2D eigenvalue weighted by atomic mass is 16.5. The number of rotatable bonds is 5. The second-order valence-electron chi connectivity index (χ2n) is 4.14. The van der Waals surface area contributed by atoms with Gasteiger partial charge in [0, 0.05) is 26.3 Å². The normalized spacial score (nSPS) is 12.5. The molecule has 0 radical (unpaired) electrons. The minimum absolute atomic E-state index is 0.0962. The fraction of sp³-hybridized carbons (Fsp3) is 0.667. The number of carbonyl (C=O) groups excluding carboxylic acids is 1. The first-order valence-corrected chi connectivity index (χ1v) is 5.67. The van der Waals surface area contributed by atoms with Crippen molar-refractivity contribution in [2.75, 3.05) is 13.7 Å². The number of hydrogen-bond acceptors (Lipinski definition) is 4. The minimum Gasteiger partial charge on any atom is -0.462 e. The summed E-state index contributed by atoms with van der Waals surface area (Å²) in [5, 5.41) is 4.18. The molecule has 0 N–H and O–H groups in total. The van der Waals surface area contributed by atoms with E-state index in [1.165, 1.54) is 0 Å². The van der Waals surface area contributed by atoms with E-state index >= 15 is 0 Å². The van der Waals surface area contributed by atoms with Gasteiger partial charge in [-0.05, 0) is 20.8 Å². The third kappa shape index (κ3) is 3.30. The second kappa shape index (κ2) is 5.82. The molecule has 1 aromatic rings. The van der Waals surface area contributed by atoms with Crippen molar-refractivity contribution < 1.29 is 14.3 Å². The van der Waals surface area contributed by atoms with Gasteiger partial charge in [0.15, 0.2) is 0 Å². The molecule has 5 heteroatoms. The van der Waals surface area contributed by atoms with Gasteiger partial charge in [0.05, 0.1) is 18.4 Å². The van der Waals surface area contributed by atoms with Crippen LogP contribution in [-0.4, -0.2) is 35.6 Å². The Morgan fingerprint density at radius 3 is 2.59 bits per heavy atom. The summed E-state index contributed by atoms with van der Waals surface area (Å²) in [4.78, 5) is 11.9. The van der Waals surface area contributed by atoms with Gasteiger partial charge in [-0.25, -0.2) is 4.79 Å². The van der Waals surface area contributed by atoms with Crippen molar-refractivity contribution >= 4 is 5.97 Å². The predicted octanol–water partition coefficient (Wildman–Crippen LogP) is 1.62. The Balaban J connectivity index is 2.58. The first kappa shape index (κ1) is 13.7. The molecule has 1 heterocycles. The molecule has 0 aromatic carbocycles. The maximum absolute atomic E-state index is 11.9. The molecule has 1 atom stereocenters. The molecule has 1 rings (SSSR count). The van der Waals surface area contributed by atoms with Gasteiger partial charge in [-0.3, -0.25) is 4.68 Å². The molecule has 0 unspecified atom stereocenters. The number of esters is 1. The van der Waals surface area contributed by atoms with Gasteiger partial charge in [0.25, 0.3) is 0 Å². The lowest BCUT2D eigenvalue weighted by molar-refractivity contribution is 0.0389. The number of ether oxygens (including phenoxy) is 2. The van der Waals surface area contributed by atoms with Gasteiger partial charge < -0.3 is 9.47 Å². The lowest BCUT2D eigenvalue weighted by Crippen LogP contribution is -2.13. The number of nitrogens with zero attached hydrogens (tertiary/aromatic N) is 2. The van der Waals surface area contributed by atoms with Gasteiger partial charge in [0.1, 0.15) is 5.56 Å². The standard InChI is InChI=1S/C12H20N2O3/c1-8(16-5)6-7-17-12(15)11-9(2)13-14(4)10(11)3/h8H,6-7H2,1-5H3/t8-/m1/s1. The van der Waals surface area contributed by atoms with E-state index in [1.807, 2.05) is 20.9 Å². The van der Waals surface area contributed by atoms with Crippen LogP contribution in [0, 0.1) is 13.8 Å². The Hall–Kier alpha value is -1.36. The van der Waals surface area contributed by atoms with Crippen LogP contribution in [-0.2, 0) is 16.5 Å². The molecule has 0 fully saturated rings. The summed E-state index contributed by atoms with van der Waals surface area (Å²) in [6.45, 7) is 5.96. The Morgan fingerprint density at radius 1 is 1.47 bits per heavy atom. The highest BCUT2D eigenvalue weighted by molar-refractivity contribution is 5.91. The Labute approximate surface area is 102 Å². The number of aromatic nitrogens is 2. The smallest absolute Gasteiger partial charge is 0.341 e. The number of hydrogen-bond donors (Lipinski definition) is 0. The molecule has 0 saturated carbocycles. The average Bonchev–Trinajstić information content (AvgIpc) is 2.52. The molecule has 0 aliphatic rings. The van der Waals surface area contributed by atoms with Crippen molar-refractivity contribution in [3.8, 4) is 0 Å². The molecule has 0 aliphatic carbocycles. The van der Waals surface area contributed by atoms with Crippen molar-refractivity contribution in [3.05, 3.63) is 17.0 Å². The summed E-state index contributed by atoms with van der Waals surface area (Å²) in [6, 6.07) is 0. The van der Waals surface area contributed by atoms with Gasteiger partial charge in [-0.15, -0.1) is 0 Å². The highest BCUT2D eigenvalue weighted by Crippen LogP contribution is 2.13. The van der Waals surface area contributed by atoms with Crippen molar-refractivity contribution in [1.29, 1.82) is 0 Å². The highest BCUT2D eigenvalue weighted by Gasteiger charge is 2.18. The molecule has 17 heavy (non-hydrogen) atoms. The minimum atomic E-state index is -0.309. The Bertz CT molecular complexity index is 399. The van der Waals surface area contributed by atoms with Crippen LogP contribution in [0.2, 0.25) is 0 Å². The number of aryl methyl sites for hydroxylation is 2. The predicted molar refractivity (Wildman–Crippen MR) is 64.1 cm³/mol. The van der Waals surface area contributed by atoms with Crippen LogP contribution < -0.4 is 0 Å². The topological polar surface area (TPSA) is 53.4 Å². The van der Waals surface area contributed by atoms with Crippen LogP contribution in [0.4, 0.5) is 0 Å². The fourth-order valence-electron chi connectivity index (χ4n) is 1.58. The van der Waals surface area contributed by atoms with Crippen molar-refractivity contribution in [2.24, 2.45) is 7.05 Å². The largest absolute Gasteiger partial charge is 0.462 e. The zero-order valence-electron chi connectivity index (χ0n) is 11.1. The lowest BCUT2D eigenvalue weighted by Gasteiger charge is -2.09. The van der Waals surface area contributed by atoms with Crippen LogP contribution in [0.25, 0.3) is 0 Å². The zero-order chi connectivity index (χ0) is 13.0. The van der Waals surface area contributed by atoms with Crippen LogP contribution in [0.3, 0.4) is 0 Å². The average molecular weight is 240 g/mol. The maximum atomic E-state index is 11.9. The summed E-state index contributed by atoms with van der Waals surface area (Å²) in [7, 11) is 3.45. The van der Waals surface area contributed by atoms with E-state index in [9.17, 15) is 4.79 Å². The van der Waals surface area contributed by atoms with E-state index < -0.39 is 0 Å².